The van der Waals surface area contributed by atoms with Crippen LogP contribution in [0.3, 0.4) is 0 Å². The number of nitrogens with one attached hydrogen (secondary N) is 1. The molecule has 4 aromatic rings. The maximum Gasteiger partial charge on any atom is 0.272 e. The predicted octanol–water partition coefficient (Wildman–Crippen LogP) is 2.66. The first-order valence-corrected chi connectivity index (χ1v) is 10.1. The number of imidazole rings is 1. The van der Waals surface area contributed by atoms with Crippen molar-refractivity contribution in [3.63, 3.8) is 0 Å². The molecule has 0 aliphatic carbocycles. The second-order valence-electron chi connectivity index (χ2n) is 7.52. The number of anilines is 1. The van der Waals surface area contributed by atoms with E-state index in [1.807, 2.05) is 34.9 Å². The molecule has 1 N–H and O–H groups in total. The molecule has 0 bridgehead atoms. The number of rotatable bonds is 4. The molecule has 9 nitrogen and oxygen atoms in total. The summed E-state index contributed by atoms with van der Waals surface area (Å²) >= 11 is 0. The normalized spacial score (nSPS) is 15.2. The Balaban J connectivity index is 0.00000259. The van der Waals surface area contributed by atoms with E-state index < -0.39 is 11.9 Å². The number of hydrogen-bond acceptors (Lipinski definition) is 6. The molecule has 0 radical (unpaired) electrons. The van der Waals surface area contributed by atoms with E-state index in [0.717, 1.165) is 5.56 Å². The third-order valence-electron chi connectivity index (χ3n) is 5.32. The molecular weight excluding hydrogens is 420 g/mol. The average Bonchev–Trinajstić information content (AvgIpc) is 3.25. The van der Waals surface area contributed by atoms with Crippen LogP contribution in [0.2, 0.25) is 0 Å². The number of aromatic nitrogens is 4. The standard InChI is InChI=1S/C23H20N6O3.CH4/c1-28-20-9-16-17(25-8-7-24-16)10-21(20)32-13-19(23(28)31)27-22(30)18-12-29(14-26-18)11-15-5-3-2-4-6-15;/h2-10,12,14,19H,11,13H2,1H3,(H,27,30);1H4/t19-;/m0./s1. The Bertz CT molecular complexity index is 1300. The molecule has 2 amide bonds. The van der Waals surface area contributed by atoms with Crippen molar-refractivity contribution in [1.29, 1.82) is 0 Å². The highest BCUT2D eigenvalue weighted by atomic mass is 16.5. The van der Waals surface area contributed by atoms with E-state index >= 15 is 0 Å². The van der Waals surface area contributed by atoms with Crippen LogP contribution in [0.25, 0.3) is 11.0 Å². The van der Waals surface area contributed by atoms with Crippen molar-refractivity contribution in [2.75, 3.05) is 18.6 Å². The van der Waals surface area contributed by atoms with Crippen molar-refractivity contribution in [3.8, 4) is 5.75 Å². The maximum atomic E-state index is 13.0. The molecule has 9 heteroatoms. The summed E-state index contributed by atoms with van der Waals surface area (Å²) in [5.74, 6) is -0.214. The number of ether oxygens (including phenoxy) is 1. The highest BCUT2D eigenvalue weighted by Gasteiger charge is 2.31. The van der Waals surface area contributed by atoms with E-state index in [1.165, 1.54) is 4.90 Å². The number of likely N-dealkylation sites (N-methyl/N-ethyl adjacent to an activating group) is 1. The summed E-state index contributed by atoms with van der Waals surface area (Å²) in [5, 5.41) is 2.75. The molecule has 0 fully saturated rings. The lowest BCUT2D eigenvalue weighted by atomic mass is 10.2. The monoisotopic (exact) mass is 444 g/mol. The van der Waals surface area contributed by atoms with Crippen LogP contribution in [-0.4, -0.2) is 51.0 Å². The number of carbonyl (C=O) groups excluding carboxylic acids is 2. The highest BCUT2D eigenvalue weighted by Crippen LogP contribution is 2.33. The van der Waals surface area contributed by atoms with E-state index in [2.05, 4.69) is 20.3 Å². The van der Waals surface area contributed by atoms with E-state index in [9.17, 15) is 9.59 Å². The van der Waals surface area contributed by atoms with Gasteiger partial charge in [-0.15, -0.1) is 0 Å². The van der Waals surface area contributed by atoms with Gasteiger partial charge in [-0.2, -0.15) is 0 Å². The fourth-order valence-electron chi connectivity index (χ4n) is 3.65. The zero-order valence-electron chi connectivity index (χ0n) is 17.3. The summed E-state index contributed by atoms with van der Waals surface area (Å²) in [6.45, 7) is 0.596. The Morgan fingerprint density at radius 3 is 2.61 bits per heavy atom. The van der Waals surface area contributed by atoms with E-state index in [4.69, 9.17) is 4.74 Å². The molecule has 0 spiro atoms. The molecule has 33 heavy (non-hydrogen) atoms. The molecule has 1 aliphatic rings. The van der Waals surface area contributed by atoms with Crippen LogP contribution < -0.4 is 15.0 Å². The van der Waals surface area contributed by atoms with Gasteiger partial charge in [-0.25, -0.2) is 4.98 Å². The van der Waals surface area contributed by atoms with E-state index in [-0.39, 0.29) is 25.6 Å². The second-order valence-corrected chi connectivity index (χ2v) is 7.52. The lowest BCUT2D eigenvalue weighted by Gasteiger charge is -2.20. The summed E-state index contributed by atoms with van der Waals surface area (Å²) in [6.07, 6.45) is 6.45. The van der Waals surface area contributed by atoms with E-state index in [0.29, 0.717) is 29.0 Å². The maximum absolute atomic E-state index is 13.0. The zero-order chi connectivity index (χ0) is 22.1. The van der Waals surface area contributed by atoms with E-state index in [1.54, 1.807) is 44.1 Å². The fourth-order valence-corrected chi connectivity index (χ4v) is 3.65. The molecule has 1 atom stereocenters. The van der Waals surface area contributed by atoms with Gasteiger partial charge in [0.25, 0.3) is 11.8 Å². The van der Waals surface area contributed by atoms with Gasteiger partial charge < -0.3 is 19.5 Å². The lowest BCUT2D eigenvalue weighted by molar-refractivity contribution is -0.120. The largest absolute Gasteiger partial charge is 0.489 e. The Hall–Kier alpha value is -4.27. The van der Waals surface area contributed by atoms with Gasteiger partial charge in [-0.05, 0) is 11.6 Å². The van der Waals surface area contributed by atoms with Gasteiger partial charge in [0.15, 0.2) is 0 Å². The topological polar surface area (TPSA) is 102 Å². The Morgan fingerprint density at radius 2 is 1.85 bits per heavy atom. The first-order chi connectivity index (χ1) is 15.6. The Labute approximate surface area is 191 Å². The molecule has 1 aliphatic heterocycles. The smallest absolute Gasteiger partial charge is 0.272 e. The fraction of sp³-hybridized carbons (Fsp3) is 0.208. The molecule has 5 rings (SSSR count). The van der Waals surface area contributed by atoms with Crippen LogP contribution >= 0.6 is 0 Å². The first kappa shape index (κ1) is 21.9. The summed E-state index contributed by atoms with van der Waals surface area (Å²) < 4.78 is 7.68. The number of nitrogens with zero attached hydrogens (tertiary/aromatic N) is 5. The third-order valence-corrected chi connectivity index (χ3v) is 5.32. The number of benzene rings is 2. The molecule has 0 saturated heterocycles. The summed E-state index contributed by atoms with van der Waals surface area (Å²) in [5.41, 5.74) is 3.23. The molecule has 168 valence electrons. The quantitative estimate of drug-likeness (QED) is 0.519. The van der Waals surface area contributed by atoms with Crippen molar-refractivity contribution < 1.29 is 14.3 Å². The van der Waals surface area contributed by atoms with Crippen LogP contribution in [-0.2, 0) is 11.3 Å². The molecule has 0 saturated carbocycles. The van der Waals surface area contributed by atoms with Crippen LogP contribution in [0.1, 0.15) is 23.5 Å². The van der Waals surface area contributed by atoms with Gasteiger partial charge >= 0.3 is 0 Å². The number of carbonyl (C=O) groups is 2. The number of amides is 2. The second kappa shape index (κ2) is 9.07. The van der Waals surface area contributed by atoms with Crippen LogP contribution in [0, 0.1) is 0 Å². The van der Waals surface area contributed by atoms with Crippen molar-refractivity contribution in [2.24, 2.45) is 0 Å². The van der Waals surface area contributed by atoms with Crippen LogP contribution in [0.5, 0.6) is 5.75 Å². The zero-order valence-corrected chi connectivity index (χ0v) is 17.3. The Kier molecular flexibility index (Phi) is 6.03. The third kappa shape index (κ3) is 4.38. The molecule has 0 unspecified atom stereocenters. The van der Waals surface area contributed by atoms with Crippen molar-refractivity contribution in [1.82, 2.24) is 24.8 Å². The Morgan fingerprint density at radius 1 is 1.12 bits per heavy atom. The molecule has 2 aromatic carbocycles. The summed E-state index contributed by atoms with van der Waals surface area (Å²) in [6, 6.07) is 12.5. The lowest BCUT2D eigenvalue weighted by Crippen LogP contribution is -2.49. The van der Waals surface area contributed by atoms with Gasteiger partial charge in [0.2, 0.25) is 0 Å². The minimum atomic E-state index is -0.858. The molecule has 2 aromatic heterocycles. The van der Waals surface area contributed by atoms with Gasteiger partial charge in [0.05, 0.1) is 23.0 Å². The van der Waals surface area contributed by atoms with Crippen LogP contribution in [0.4, 0.5) is 5.69 Å². The van der Waals surface area contributed by atoms with Gasteiger partial charge in [0, 0.05) is 38.2 Å². The van der Waals surface area contributed by atoms with Crippen molar-refractivity contribution in [2.45, 2.75) is 20.0 Å². The SMILES string of the molecule is C.CN1C(=O)[C@@H](NC(=O)c2cn(Cc3ccccc3)cn2)COc2cc3nccnc3cc21. The first-order valence-electron chi connectivity index (χ1n) is 10.1. The van der Waals surface area contributed by atoms with Crippen molar-refractivity contribution in [3.05, 3.63) is 78.6 Å². The molecular formula is C24H24N6O3. The van der Waals surface area contributed by atoms with Gasteiger partial charge in [-0.1, -0.05) is 37.8 Å². The minimum Gasteiger partial charge on any atom is -0.489 e. The van der Waals surface area contributed by atoms with Gasteiger partial charge in [0.1, 0.15) is 24.1 Å². The van der Waals surface area contributed by atoms with Crippen molar-refractivity contribution >= 4 is 28.5 Å². The average molecular weight is 444 g/mol. The number of fused-ring (bicyclic) bond motifs is 2. The highest BCUT2D eigenvalue weighted by molar-refractivity contribution is 6.03. The summed E-state index contributed by atoms with van der Waals surface area (Å²) in [7, 11) is 1.64. The molecule has 3 heterocycles. The minimum absolute atomic E-state index is 0. The van der Waals surface area contributed by atoms with Gasteiger partial charge in [-0.3, -0.25) is 19.6 Å². The summed E-state index contributed by atoms with van der Waals surface area (Å²) in [4.78, 5) is 40.0. The predicted molar refractivity (Wildman–Crippen MR) is 124 cm³/mol. The number of hydrogen-bond donors (Lipinski definition) is 1. The van der Waals surface area contributed by atoms with Crippen LogP contribution in [0.15, 0.2) is 67.4 Å².